The molecule has 2 saturated carbocycles. The Kier molecular flexibility index (Phi) is 1.06. The van der Waals surface area contributed by atoms with E-state index in [1.54, 1.807) is 0 Å². The lowest BCUT2D eigenvalue weighted by Gasteiger charge is -2.60. The number of rotatable bonds is 0. The fourth-order valence-electron chi connectivity index (χ4n) is 3.16. The van der Waals surface area contributed by atoms with Gasteiger partial charge in [0.25, 0.3) is 0 Å². The van der Waals surface area contributed by atoms with E-state index in [1.165, 1.54) is 19.3 Å². The number of ether oxygens (including phenoxy) is 1. The van der Waals surface area contributed by atoms with E-state index in [2.05, 4.69) is 0 Å². The molecule has 0 unspecified atom stereocenters. The molecule has 0 bridgehead atoms. The zero-order chi connectivity index (χ0) is 7.47. The van der Waals surface area contributed by atoms with Gasteiger partial charge in [-0.25, -0.2) is 0 Å². The predicted molar refractivity (Wildman–Crippen MR) is 40.1 cm³/mol. The molecule has 3 fully saturated rings. The lowest BCUT2D eigenvalue weighted by molar-refractivity contribution is -0.235. The van der Waals surface area contributed by atoms with Crippen molar-refractivity contribution in [1.82, 2.24) is 0 Å². The number of hydrogen-bond donors (Lipinski definition) is 1. The van der Waals surface area contributed by atoms with Crippen molar-refractivity contribution in [2.45, 2.75) is 37.9 Å². The van der Waals surface area contributed by atoms with Gasteiger partial charge >= 0.3 is 0 Å². The minimum atomic E-state index is -0.0243. The van der Waals surface area contributed by atoms with Gasteiger partial charge in [-0.2, -0.15) is 0 Å². The van der Waals surface area contributed by atoms with Gasteiger partial charge in [0.2, 0.25) is 0 Å². The van der Waals surface area contributed by atoms with Gasteiger partial charge in [-0.05, 0) is 19.3 Å². The summed E-state index contributed by atoms with van der Waals surface area (Å²) in [5.74, 6) is 0.496. The van der Waals surface area contributed by atoms with Gasteiger partial charge in [-0.3, -0.25) is 0 Å². The lowest BCUT2D eigenvalue weighted by Crippen LogP contribution is -2.66. The fraction of sp³-hybridized carbons (Fsp3) is 1.00. The van der Waals surface area contributed by atoms with Crippen LogP contribution >= 0.6 is 0 Å². The molecule has 62 valence electrons. The number of hydrogen-bond acceptors (Lipinski definition) is 2. The zero-order valence-corrected chi connectivity index (χ0v) is 6.62. The molecule has 0 aromatic carbocycles. The standard InChI is InChI=1S/C9H14O2/c10-7-6-2-5-11-8(6)9(7)3-1-4-9/h6-8,10H,1-5H2/t6-,7-,8+/m1/s1. The largest absolute Gasteiger partial charge is 0.392 e. The summed E-state index contributed by atoms with van der Waals surface area (Å²) >= 11 is 0. The highest BCUT2D eigenvalue weighted by Crippen LogP contribution is 2.62. The molecule has 1 heterocycles. The summed E-state index contributed by atoms with van der Waals surface area (Å²) in [4.78, 5) is 0. The summed E-state index contributed by atoms with van der Waals surface area (Å²) in [5.41, 5.74) is 0.237. The van der Waals surface area contributed by atoms with E-state index < -0.39 is 0 Å². The van der Waals surface area contributed by atoms with Gasteiger partial charge in [-0.1, -0.05) is 6.42 Å². The summed E-state index contributed by atoms with van der Waals surface area (Å²) in [6.45, 7) is 0.883. The molecule has 0 radical (unpaired) electrons. The summed E-state index contributed by atoms with van der Waals surface area (Å²) in [5, 5.41) is 9.81. The maximum atomic E-state index is 9.81. The van der Waals surface area contributed by atoms with Crippen LogP contribution in [-0.4, -0.2) is 23.9 Å². The first-order valence-corrected chi connectivity index (χ1v) is 4.64. The minimum absolute atomic E-state index is 0.0243. The van der Waals surface area contributed by atoms with Crippen molar-refractivity contribution >= 4 is 0 Å². The molecule has 1 aliphatic heterocycles. The molecule has 2 heteroatoms. The topological polar surface area (TPSA) is 29.5 Å². The molecule has 3 aliphatic rings. The molecule has 1 saturated heterocycles. The Labute approximate surface area is 66.5 Å². The van der Waals surface area contributed by atoms with Crippen molar-refractivity contribution in [2.24, 2.45) is 11.3 Å². The normalized spacial score (nSPS) is 51.5. The number of aliphatic hydroxyl groups excluding tert-OH is 1. The van der Waals surface area contributed by atoms with Gasteiger partial charge in [0, 0.05) is 17.9 Å². The molecule has 0 aromatic rings. The van der Waals surface area contributed by atoms with Gasteiger partial charge in [0.15, 0.2) is 0 Å². The van der Waals surface area contributed by atoms with E-state index in [4.69, 9.17) is 4.74 Å². The van der Waals surface area contributed by atoms with Crippen LogP contribution < -0.4 is 0 Å². The zero-order valence-electron chi connectivity index (χ0n) is 6.62. The second-order valence-corrected chi connectivity index (χ2v) is 4.28. The first-order valence-electron chi connectivity index (χ1n) is 4.64. The Morgan fingerprint density at radius 2 is 2.18 bits per heavy atom. The van der Waals surface area contributed by atoms with E-state index >= 15 is 0 Å². The Morgan fingerprint density at radius 1 is 1.36 bits per heavy atom. The highest BCUT2D eigenvalue weighted by Gasteiger charge is 2.66. The van der Waals surface area contributed by atoms with Crippen LogP contribution in [0, 0.1) is 11.3 Å². The molecule has 11 heavy (non-hydrogen) atoms. The third-order valence-electron chi connectivity index (χ3n) is 3.98. The van der Waals surface area contributed by atoms with E-state index in [0.29, 0.717) is 12.0 Å². The maximum Gasteiger partial charge on any atom is 0.0709 e. The van der Waals surface area contributed by atoms with Gasteiger partial charge in [0.1, 0.15) is 0 Å². The van der Waals surface area contributed by atoms with Gasteiger partial charge in [-0.15, -0.1) is 0 Å². The Bertz CT molecular complexity index is 186. The molecule has 0 amide bonds. The monoisotopic (exact) mass is 154 g/mol. The molecule has 0 aromatic heterocycles. The van der Waals surface area contributed by atoms with Crippen LogP contribution in [0.1, 0.15) is 25.7 Å². The Morgan fingerprint density at radius 3 is 2.82 bits per heavy atom. The predicted octanol–water partition coefficient (Wildman–Crippen LogP) is 0.936. The summed E-state index contributed by atoms with van der Waals surface area (Å²) in [6.07, 6.45) is 5.21. The van der Waals surface area contributed by atoms with Crippen molar-refractivity contribution < 1.29 is 9.84 Å². The number of fused-ring (bicyclic) bond motifs is 2. The molecule has 2 aliphatic carbocycles. The third kappa shape index (κ3) is 0.541. The highest BCUT2D eigenvalue weighted by atomic mass is 16.5. The number of aliphatic hydroxyl groups is 1. The molecule has 2 nitrogen and oxygen atoms in total. The van der Waals surface area contributed by atoms with Crippen molar-refractivity contribution in [2.75, 3.05) is 6.61 Å². The van der Waals surface area contributed by atoms with Crippen LogP contribution in [0.2, 0.25) is 0 Å². The van der Waals surface area contributed by atoms with E-state index in [-0.39, 0.29) is 11.5 Å². The van der Waals surface area contributed by atoms with Crippen molar-refractivity contribution in [3.8, 4) is 0 Å². The van der Waals surface area contributed by atoms with Crippen LogP contribution in [0.3, 0.4) is 0 Å². The maximum absolute atomic E-state index is 9.81. The average Bonchev–Trinajstić information content (AvgIpc) is 2.29. The SMILES string of the molecule is O[C@@H]1[C@H]2CCO[C@@H]2C12CCC2. The molecular weight excluding hydrogens is 140 g/mol. The quantitative estimate of drug-likeness (QED) is 0.562. The molecule has 1 N–H and O–H groups in total. The van der Waals surface area contributed by atoms with Crippen molar-refractivity contribution in [1.29, 1.82) is 0 Å². The molecular formula is C9H14O2. The Balaban J connectivity index is 1.86. The first-order chi connectivity index (χ1) is 5.34. The van der Waals surface area contributed by atoms with E-state index in [0.717, 1.165) is 13.0 Å². The first kappa shape index (κ1) is 6.44. The summed E-state index contributed by atoms with van der Waals surface area (Å²) in [7, 11) is 0. The van der Waals surface area contributed by atoms with Crippen LogP contribution in [0.4, 0.5) is 0 Å². The van der Waals surface area contributed by atoms with Gasteiger partial charge in [0.05, 0.1) is 12.2 Å². The molecule has 1 spiro atoms. The molecule has 3 rings (SSSR count). The second kappa shape index (κ2) is 1.80. The summed E-state index contributed by atoms with van der Waals surface area (Å²) in [6, 6.07) is 0. The lowest BCUT2D eigenvalue weighted by atomic mass is 9.48. The van der Waals surface area contributed by atoms with Crippen LogP contribution in [0.5, 0.6) is 0 Å². The Hall–Kier alpha value is -0.0800. The van der Waals surface area contributed by atoms with Crippen LogP contribution in [-0.2, 0) is 4.74 Å². The average molecular weight is 154 g/mol. The van der Waals surface area contributed by atoms with E-state index in [1.807, 2.05) is 0 Å². The highest BCUT2D eigenvalue weighted by molar-refractivity contribution is 5.15. The molecule has 3 atom stereocenters. The van der Waals surface area contributed by atoms with Crippen LogP contribution in [0.25, 0.3) is 0 Å². The van der Waals surface area contributed by atoms with Crippen molar-refractivity contribution in [3.63, 3.8) is 0 Å². The third-order valence-corrected chi connectivity index (χ3v) is 3.98. The van der Waals surface area contributed by atoms with E-state index in [9.17, 15) is 5.11 Å². The minimum Gasteiger partial charge on any atom is -0.392 e. The fourth-order valence-corrected chi connectivity index (χ4v) is 3.16. The van der Waals surface area contributed by atoms with Crippen molar-refractivity contribution in [3.05, 3.63) is 0 Å². The smallest absolute Gasteiger partial charge is 0.0709 e. The van der Waals surface area contributed by atoms with Gasteiger partial charge < -0.3 is 9.84 Å². The second-order valence-electron chi connectivity index (χ2n) is 4.28. The summed E-state index contributed by atoms with van der Waals surface area (Å²) < 4.78 is 5.62. The van der Waals surface area contributed by atoms with Crippen LogP contribution in [0.15, 0.2) is 0 Å².